The number of hydrogen-bond donors (Lipinski definition) is 0. The molecule has 1 heterocycles. The predicted molar refractivity (Wildman–Crippen MR) is 100 cm³/mol. The number of amides is 2. The van der Waals surface area contributed by atoms with Gasteiger partial charge in [0.2, 0.25) is 5.91 Å². The fourth-order valence-corrected chi connectivity index (χ4v) is 3.25. The fourth-order valence-electron chi connectivity index (χ4n) is 2.50. The molecule has 0 aromatic rings. The van der Waals surface area contributed by atoms with Gasteiger partial charge in [0, 0.05) is 14.7 Å². The Morgan fingerprint density at radius 3 is 2.56 bits per heavy atom. The van der Waals surface area contributed by atoms with E-state index in [0.717, 1.165) is 11.6 Å². The molecular formula is C18H33NO5Si. The molecule has 7 heteroatoms. The monoisotopic (exact) mass is 371 g/mol. The molecule has 1 fully saturated rings. The van der Waals surface area contributed by atoms with Crippen LogP contribution in [-0.4, -0.2) is 57.1 Å². The molecule has 0 radical (unpaired) electrons. The molecule has 1 rings (SSSR count). The highest BCUT2D eigenvalue weighted by Crippen LogP contribution is 2.22. The Hall–Kier alpha value is -1.18. The molecule has 3 atom stereocenters. The highest BCUT2D eigenvalue weighted by Gasteiger charge is 2.39. The third-order valence-corrected chi connectivity index (χ3v) is 5.89. The first-order chi connectivity index (χ1) is 11.5. The van der Waals surface area contributed by atoms with Crippen molar-refractivity contribution in [1.82, 2.24) is 4.90 Å². The minimum Gasteiger partial charge on any atom is -0.447 e. The minimum absolute atomic E-state index is 0.139. The van der Waals surface area contributed by atoms with Gasteiger partial charge in [0.15, 0.2) is 0 Å². The Morgan fingerprint density at radius 2 is 2.08 bits per heavy atom. The number of hydrogen-bond acceptors (Lipinski definition) is 5. The Labute approximate surface area is 152 Å². The first-order valence-electron chi connectivity index (χ1n) is 8.86. The SMILES string of the molecule is C=C(C)C[C@@H](OCOCC[Si](C)(C)C)[C@H](C)C(=O)N1C(=O)OC[C@@H]1C. The van der Waals surface area contributed by atoms with Crippen molar-refractivity contribution in [1.29, 1.82) is 0 Å². The van der Waals surface area contributed by atoms with Crippen LogP contribution in [-0.2, 0) is 19.0 Å². The van der Waals surface area contributed by atoms with Gasteiger partial charge in [-0.05, 0) is 26.3 Å². The number of cyclic esters (lactones) is 1. The van der Waals surface area contributed by atoms with Crippen LogP contribution in [0, 0.1) is 5.92 Å². The second-order valence-electron chi connectivity index (χ2n) is 8.13. The summed E-state index contributed by atoms with van der Waals surface area (Å²) in [6, 6.07) is 0.813. The molecule has 0 saturated carbocycles. The van der Waals surface area contributed by atoms with Crippen LogP contribution in [0.5, 0.6) is 0 Å². The lowest BCUT2D eigenvalue weighted by Crippen LogP contribution is -2.44. The fraction of sp³-hybridized carbons (Fsp3) is 0.778. The highest BCUT2D eigenvalue weighted by molar-refractivity contribution is 6.76. The van der Waals surface area contributed by atoms with E-state index < -0.39 is 20.1 Å². The lowest BCUT2D eigenvalue weighted by atomic mass is 9.97. The number of carbonyl (C=O) groups excluding carboxylic acids is 2. The second kappa shape index (κ2) is 9.50. The number of rotatable bonds is 10. The van der Waals surface area contributed by atoms with E-state index in [-0.39, 0.29) is 31.5 Å². The van der Waals surface area contributed by atoms with Crippen molar-refractivity contribution in [3.05, 3.63) is 12.2 Å². The first-order valence-corrected chi connectivity index (χ1v) is 12.6. The summed E-state index contributed by atoms with van der Waals surface area (Å²) in [4.78, 5) is 25.6. The highest BCUT2D eigenvalue weighted by atomic mass is 28.3. The van der Waals surface area contributed by atoms with Crippen LogP contribution in [0.15, 0.2) is 12.2 Å². The second-order valence-corrected chi connectivity index (χ2v) is 13.7. The largest absolute Gasteiger partial charge is 0.447 e. The molecule has 144 valence electrons. The molecule has 25 heavy (non-hydrogen) atoms. The van der Waals surface area contributed by atoms with Crippen molar-refractivity contribution in [2.24, 2.45) is 5.92 Å². The van der Waals surface area contributed by atoms with Crippen LogP contribution in [0.25, 0.3) is 0 Å². The Balaban J connectivity index is 2.59. The maximum absolute atomic E-state index is 12.7. The smallest absolute Gasteiger partial charge is 0.416 e. The Kier molecular flexibility index (Phi) is 8.30. The van der Waals surface area contributed by atoms with Crippen molar-refractivity contribution < 1.29 is 23.8 Å². The van der Waals surface area contributed by atoms with Gasteiger partial charge in [-0.15, -0.1) is 6.58 Å². The van der Waals surface area contributed by atoms with Gasteiger partial charge in [-0.3, -0.25) is 4.79 Å². The van der Waals surface area contributed by atoms with Crippen molar-refractivity contribution in [2.45, 2.75) is 65.0 Å². The van der Waals surface area contributed by atoms with E-state index in [1.807, 2.05) is 6.92 Å². The van der Waals surface area contributed by atoms with E-state index in [0.29, 0.717) is 13.0 Å². The molecule has 0 aliphatic carbocycles. The third kappa shape index (κ3) is 7.29. The van der Waals surface area contributed by atoms with E-state index in [1.165, 1.54) is 4.90 Å². The summed E-state index contributed by atoms with van der Waals surface area (Å²) in [5.74, 6) is -0.756. The molecule has 6 nitrogen and oxygen atoms in total. The zero-order valence-electron chi connectivity index (χ0n) is 16.5. The van der Waals surface area contributed by atoms with Crippen molar-refractivity contribution >= 4 is 20.1 Å². The average molecular weight is 372 g/mol. The first kappa shape index (κ1) is 21.9. The van der Waals surface area contributed by atoms with Crippen LogP contribution >= 0.6 is 0 Å². The molecule has 0 aromatic heterocycles. The molecule has 0 N–H and O–H groups in total. The molecule has 1 aliphatic rings. The normalized spacial score (nSPS) is 20.3. The number of nitrogens with zero attached hydrogens (tertiary/aromatic N) is 1. The van der Waals surface area contributed by atoms with E-state index in [2.05, 4.69) is 26.2 Å². The van der Waals surface area contributed by atoms with Crippen molar-refractivity contribution in [2.75, 3.05) is 20.0 Å². The van der Waals surface area contributed by atoms with Crippen LogP contribution in [0.2, 0.25) is 25.7 Å². The quantitative estimate of drug-likeness (QED) is 0.254. The van der Waals surface area contributed by atoms with Gasteiger partial charge in [-0.2, -0.15) is 0 Å². The van der Waals surface area contributed by atoms with Gasteiger partial charge in [0.25, 0.3) is 0 Å². The van der Waals surface area contributed by atoms with Crippen LogP contribution < -0.4 is 0 Å². The van der Waals surface area contributed by atoms with Gasteiger partial charge in [-0.1, -0.05) is 32.1 Å². The Morgan fingerprint density at radius 1 is 1.44 bits per heavy atom. The number of imide groups is 1. The molecule has 0 unspecified atom stereocenters. The summed E-state index contributed by atoms with van der Waals surface area (Å²) in [5.41, 5.74) is 0.920. The van der Waals surface area contributed by atoms with E-state index in [4.69, 9.17) is 14.2 Å². The lowest BCUT2D eigenvalue weighted by molar-refractivity contribution is -0.144. The summed E-state index contributed by atoms with van der Waals surface area (Å²) in [6.45, 7) is 17.3. The summed E-state index contributed by atoms with van der Waals surface area (Å²) in [5, 5.41) is 0. The number of ether oxygens (including phenoxy) is 3. The molecule has 1 saturated heterocycles. The molecule has 0 aromatic carbocycles. The van der Waals surface area contributed by atoms with E-state index in [1.54, 1.807) is 13.8 Å². The van der Waals surface area contributed by atoms with Gasteiger partial charge in [0.05, 0.1) is 18.1 Å². The van der Waals surface area contributed by atoms with Gasteiger partial charge in [-0.25, -0.2) is 9.69 Å². The number of carbonyl (C=O) groups is 2. The van der Waals surface area contributed by atoms with Crippen molar-refractivity contribution in [3.8, 4) is 0 Å². The Bertz CT molecular complexity index is 488. The zero-order chi connectivity index (χ0) is 19.2. The minimum atomic E-state index is -1.14. The van der Waals surface area contributed by atoms with E-state index >= 15 is 0 Å². The lowest BCUT2D eigenvalue weighted by Gasteiger charge is -2.27. The third-order valence-electron chi connectivity index (χ3n) is 4.18. The summed E-state index contributed by atoms with van der Waals surface area (Å²) >= 11 is 0. The predicted octanol–water partition coefficient (Wildman–Crippen LogP) is 3.65. The van der Waals surface area contributed by atoms with Gasteiger partial charge < -0.3 is 14.2 Å². The molecular weight excluding hydrogens is 338 g/mol. The topological polar surface area (TPSA) is 65.1 Å². The zero-order valence-corrected chi connectivity index (χ0v) is 17.5. The van der Waals surface area contributed by atoms with Crippen LogP contribution in [0.1, 0.15) is 27.2 Å². The van der Waals surface area contributed by atoms with Gasteiger partial charge in [0.1, 0.15) is 13.4 Å². The van der Waals surface area contributed by atoms with Crippen LogP contribution in [0.3, 0.4) is 0 Å². The average Bonchev–Trinajstić information content (AvgIpc) is 2.81. The van der Waals surface area contributed by atoms with Crippen molar-refractivity contribution in [3.63, 3.8) is 0 Å². The summed E-state index contributed by atoms with van der Waals surface area (Å²) in [6.07, 6.45) is -0.413. The van der Waals surface area contributed by atoms with Crippen LogP contribution in [0.4, 0.5) is 4.79 Å². The maximum Gasteiger partial charge on any atom is 0.416 e. The molecule has 1 aliphatic heterocycles. The molecule has 0 bridgehead atoms. The molecule has 0 spiro atoms. The van der Waals surface area contributed by atoms with Gasteiger partial charge >= 0.3 is 6.09 Å². The summed E-state index contributed by atoms with van der Waals surface area (Å²) < 4.78 is 16.3. The maximum atomic E-state index is 12.7. The standard InChI is InChI=1S/C18H33NO5Si/c1-13(2)10-16(24-12-22-8-9-25(5,6)7)15(4)17(20)19-14(3)11-23-18(19)21/h14-16H,1,8-12H2,2-7H3/t14-,15-,16+/m0/s1. The molecule has 2 amide bonds. The van der Waals surface area contributed by atoms with E-state index in [9.17, 15) is 9.59 Å². The summed E-state index contributed by atoms with van der Waals surface area (Å²) in [7, 11) is -1.14.